The van der Waals surface area contributed by atoms with Crippen LogP contribution in [0.5, 0.6) is 0 Å². The largest absolute Gasteiger partial charge is 0.466 e. The lowest BCUT2D eigenvalue weighted by molar-refractivity contribution is -0.166. The van der Waals surface area contributed by atoms with Gasteiger partial charge in [0.2, 0.25) is 0 Å². The van der Waals surface area contributed by atoms with E-state index < -0.39 is 0 Å². The first-order valence-electron chi connectivity index (χ1n) is 7.67. The van der Waals surface area contributed by atoms with Crippen molar-refractivity contribution in [3.05, 3.63) is 46.5 Å². The minimum absolute atomic E-state index is 0.0636. The molecule has 0 radical (unpaired) electrons. The number of carbonyl (C=O) groups is 1. The molecule has 1 saturated heterocycles. The van der Waals surface area contributed by atoms with Crippen molar-refractivity contribution in [2.24, 2.45) is 11.8 Å². The molecule has 0 unspecified atom stereocenters. The average molecular weight is 367 g/mol. The van der Waals surface area contributed by atoms with Gasteiger partial charge in [-0.15, -0.1) is 0 Å². The van der Waals surface area contributed by atoms with Crippen molar-refractivity contribution in [3.8, 4) is 0 Å². The van der Waals surface area contributed by atoms with Crippen molar-refractivity contribution >= 4 is 21.9 Å². The fourth-order valence-corrected chi connectivity index (χ4v) is 3.23. The Labute approximate surface area is 140 Å². The summed E-state index contributed by atoms with van der Waals surface area (Å²) in [5.41, 5.74) is 2.15. The van der Waals surface area contributed by atoms with Crippen LogP contribution in [0.25, 0.3) is 0 Å². The summed E-state index contributed by atoms with van der Waals surface area (Å²) in [4.78, 5) is 12.1. The molecule has 0 spiro atoms. The molecule has 1 aliphatic heterocycles. The Bertz CT molecular complexity index is 538. The molecule has 4 heteroatoms. The maximum atomic E-state index is 12.1. The fraction of sp³-hybridized carbons (Fsp3) is 0.500. The molecule has 0 saturated carbocycles. The lowest BCUT2D eigenvalue weighted by Crippen LogP contribution is -2.40. The number of halogens is 1. The van der Waals surface area contributed by atoms with Crippen LogP contribution in [0.3, 0.4) is 0 Å². The van der Waals surface area contributed by atoms with E-state index in [1.165, 1.54) is 0 Å². The van der Waals surface area contributed by atoms with Gasteiger partial charge in [-0.1, -0.05) is 40.2 Å². The smallest absolute Gasteiger partial charge is 0.311 e. The van der Waals surface area contributed by atoms with Gasteiger partial charge in [0, 0.05) is 10.4 Å². The average Bonchev–Trinajstić information content (AvgIpc) is 2.47. The molecule has 0 aromatic heterocycles. The summed E-state index contributed by atoms with van der Waals surface area (Å²) in [5, 5.41) is 0. The maximum Gasteiger partial charge on any atom is 0.311 e. The maximum absolute atomic E-state index is 12.1. The second-order valence-corrected chi connectivity index (χ2v) is 6.78. The molecule has 2 rings (SSSR count). The highest BCUT2D eigenvalue weighted by molar-refractivity contribution is 9.10. The minimum Gasteiger partial charge on any atom is -0.466 e. The molecule has 120 valence electrons. The summed E-state index contributed by atoms with van der Waals surface area (Å²) in [5.74, 6) is -0.282. The zero-order valence-electron chi connectivity index (χ0n) is 13.3. The van der Waals surface area contributed by atoms with Crippen LogP contribution in [0, 0.1) is 11.8 Å². The molecule has 3 nitrogen and oxygen atoms in total. The first-order chi connectivity index (χ1) is 10.4. The molecule has 0 N–H and O–H groups in total. The third-order valence-corrected chi connectivity index (χ3v) is 4.75. The molecular weight excluding hydrogens is 344 g/mol. The van der Waals surface area contributed by atoms with Gasteiger partial charge in [-0.3, -0.25) is 4.79 Å². The monoisotopic (exact) mass is 366 g/mol. The highest BCUT2D eigenvalue weighted by atomic mass is 79.9. The molecule has 1 heterocycles. The Kier molecular flexibility index (Phi) is 5.81. The fourth-order valence-electron chi connectivity index (χ4n) is 2.97. The number of rotatable bonds is 4. The second kappa shape index (κ2) is 7.42. The van der Waals surface area contributed by atoms with Gasteiger partial charge in [-0.05, 0) is 44.9 Å². The zero-order chi connectivity index (χ0) is 16.3. The number of hydrogen-bond donors (Lipinski definition) is 0. The standard InChI is InChI=1S/C18H23BrO3/c1-5-21-18(20)16-10-15(11(2)3)17(22-12(16)4)13-6-8-14(19)9-7-13/h6-9,12,15-17H,2,5,10H2,1,3-4H3/t12-,15+,16+,17+/m1/s1. The van der Waals surface area contributed by atoms with Crippen molar-refractivity contribution in [2.45, 2.75) is 39.4 Å². The van der Waals surface area contributed by atoms with Gasteiger partial charge >= 0.3 is 5.97 Å². The van der Waals surface area contributed by atoms with E-state index in [1.54, 1.807) is 0 Å². The van der Waals surface area contributed by atoms with Gasteiger partial charge in [0.15, 0.2) is 0 Å². The van der Waals surface area contributed by atoms with Crippen LogP contribution in [0.2, 0.25) is 0 Å². The highest BCUT2D eigenvalue weighted by Crippen LogP contribution is 2.42. The number of ether oxygens (including phenoxy) is 2. The van der Waals surface area contributed by atoms with Crippen molar-refractivity contribution < 1.29 is 14.3 Å². The summed E-state index contributed by atoms with van der Waals surface area (Å²) in [6.07, 6.45) is 0.491. The molecule has 1 fully saturated rings. The molecular formula is C18H23BrO3. The van der Waals surface area contributed by atoms with Gasteiger partial charge in [-0.2, -0.15) is 0 Å². The number of benzene rings is 1. The van der Waals surface area contributed by atoms with E-state index in [1.807, 2.05) is 32.9 Å². The van der Waals surface area contributed by atoms with Gasteiger partial charge in [0.05, 0.1) is 24.7 Å². The van der Waals surface area contributed by atoms with E-state index in [0.717, 1.165) is 22.0 Å². The van der Waals surface area contributed by atoms with Crippen molar-refractivity contribution in [1.29, 1.82) is 0 Å². The van der Waals surface area contributed by atoms with Crippen LogP contribution < -0.4 is 0 Å². The first-order valence-corrected chi connectivity index (χ1v) is 8.46. The molecule has 0 bridgehead atoms. The Morgan fingerprint density at radius 1 is 1.36 bits per heavy atom. The summed E-state index contributed by atoms with van der Waals surface area (Å²) in [7, 11) is 0. The summed E-state index contributed by atoms with van der Waals surface area (Å²) < 4.78 is 12.4. The van der Waals surface area contributed by atoms with E-state index in [9.17, 15) is 4.79 Å². The highest BCUT2D eigenvalue weighted by Gasteiger charge is 2.41. The minimum atomic E-state index is -0.228. The van der Waals surface area contributed by atoms with Crippen LogP contribution in [-0.4, -0.2) is 18.7 Å². The predicted molar refractivity (Wildman–Crippen MR) is 90.5 cm³/mol. The third-order valence-electron chi connectivity index (χ3n) is 4.22. The summed E-state index contributed by atoms with van der Waals surface area (Å²) >= 11 is 3.45. The number of carbonyl (C=O) groups excluding carboxylic acids is 1. The lowest BCUT2D eigenvalue weighted by atomic mass is 9.78. The molecule has 1 aromatic carbocycles. The molecule has 22 heavy (non-hydrogen) atoms. The van der Waals surface area contributed by atoms with E-state index in [4.69, 9.17) is 9.47 Å². The van der Waals surface area contributed by atoms with Crippen molar-refractivity contribution in [3.63, 3.8) is 0 Å². The molecule has 1 aromatic rings. The molecule has 0 aliphatic carbocycles. The van der Waals surface area contributed by atoms with Crippen molar-refractivity contribution in [2.75, 3.05) is 6.61 Å². The van der Waals surface area contributed by atoms with Crippen molar-refractivity contribution in [1.82, 2.24) is 0 Å². The SMILES string of the molecule is C=C(C)[C@@H]1C[C@H](C(=O)OCC)[C@@H](C)O[C@H]1c1ccc(Br)cc1. The molecule has 0 amide bonds. The van der Waals surface area contributed by atoms with Crippen LogP contribution in [0.4, 0.5) is 0 Å². The molecule has 1 aliphatic rings. The third kappa shape index (κ3) is 3.79. The van der Waals surface area contributed by atoms with Gasteiger partial charge in [-0.25, -0.2) is 0 Å². The Morgan fingerprint density at radius 3 is 2.55 bits per heavy atom. The van der Waals surface area contributed by atoms with Crippen LogP contribution in [0.1, 0.15) is 38.9 Å². The van der Waals surface area contributed by atoms with Gasteiger partial charge in [0.1, 0.15) is 0 Å². The zero-order valence-corrected chi connectivity index (χ0v) is 14.9. The van der Waals surface area contributed by atoms with E-state index >= 15 is 0 Å². The Morgan fingerprint density at radius 2 is 2.00 bits per heavy atom. The molecule has 4 atom stereocenters. The summed E-state index contributed by atoms with van der Waals surface area (Å²) in [6.45, 7) is 10.3. The van der Waals surface area contributed by atoms with Crippen LogP contribution in [-0.2, 0) is 14.3 Å². The first kappa shape index (κ1) is 17.2. The lowest BCUT2D eigenvalue weighted by Gasteiger charge is -2.40. The Balaban J connectivity index is 2.23. The van der Waals surface area contributed by atoms with Crippen LogP contribution in [0.15, 0.2) is 40.9 Å². The normalized spacial score (nSPS) is 28.2. The summed E-state index contributed by atoms with van der Waals surface area (Å²) in [6, 6.07) is 8.14. The Hall–Kier alpha value is -1.13. The topological polar surface area (TPSA) is 35.5 Å². The predicted octanol–water partition coefficient (Wildman–Crippen LogP) is 4.67. The number of hydrogen-bond acceptors (Lipinski definition) is 3. The van der Waals surface area contributed by atoms with Crippen LogP contribution >= 0.6 is 15.9 Å². The van der Waals surface area contributed by atoms with Gasteiger partial charge in [0.25, 0.3) is 0 Å². The van der Waals surface area contributed by atoms with Gasteiger partial charge < -0.3 is 9.47 Å². The van der Waals surface area contributed by atoms with E-state index in [-0.39, 0.29) is 30.0 Å². The quantitative estimate of drug-likeness (QED) is 0.573. The second-order valence-electron chi connectivity index (χ2n) is 5.86. The van der Waals surface area contributed by atoms with E-state index in [2.05, 4.69) is 34.6 Å². The van der Waals surface area contributed by atoms with E-state index in [0.29, 0.717) is 6.61 Å². The number of esters is 1.